The van der Waals surface area contributed by atoms with Crippen LogP contribution in [-0.4, -0.2) is 31.4 Å². The number of fused-ring (bicyclic) bond motifs is 1. The van der Waals surface area contributed by atoms with E-state index in [-0.39, 0.29) is 23.3 Å². The number of benzene rings is 2. The minimum atomic E-state index is -0.171. The smallest absolute Gasteiger partial charge is 0.257 e. The van der Waals surface area contributed by atoms with E-state index in [1.165, 1.54) is 0 Å². The summed E-state index contributed by atoms with van der Waals surface area (Å²) in [5.74, 6) is 0.602. The first-order valence-electron chi connectivity index (χ1n) is 8.85. The number of rotatable bonds is 5. The average molecular weight is 420 g/mol. The van der Waals surface area contributed by atoms with E-state index in [0.717, 1.165) is 5.56 Å². The quantitative estimate of drug-likeness (QED) is 0.721. The molecule has 7 heteroatoms. The first-order valence-corrected chi connectivity index (χ1v) is 9.60. The number of hydrogen-bond acceptors (Lipinski definition) is 4. The van der Waals surface area contributed by atoms with E-state index in [4.69, 9.17) is 32.7 Å². The zero-order valence-electron chi connectivity index (χ0n) is 15.3. The van der Waals surface area contributed by atoms with Gasteiger partial charge in [0.25, 0.3) is 5.91 Å². The molecule has 2 aromatic rings. The fraction of sp³-hybridized carbons (Fsp3) is 0.238. The Labute approximate surface area is 173 Å². The number of amides is 1. The van der Waals surface area contributed by atoms with Crippen LogP contribution in [0.2, 0.25) is 10.0 Å². The monoisotopic (exact) mass is 419 g/mol. The third kappa shape index (κ3) is 4.66. The standard InChI is InChI=1S/C21H19Cl2NO4/c1-2-24-18(25)12-28-15-5-3-13(4-6-15)11-14-9-10-27-21-16(20(14)26)7-8-17(22)19(21)23/h3-8,11H,2,9-10,12H2,1H3,(H,24,25)/b14-11-. The number of Topliss-reactive ketones (excluding diaryl/α,β-unsaturated/α-hetero) is 1. The lowest BCUT2D eigenvalue weighted by Gasteiger charge is -2.08. The molecule has 1 aliphatic rings. The lowest BCUT2D eigenvalue weighted by atomic mass is 9.99. The molecule has 0 spiro atoms. The molecule has 0 saturated heterocycles. The average Bonchev–Trinajstić information content (AvgIpc) is 2.84. The number of carbonyl (C=O) groups is 2. The van der Waals surface area contributed by atoms with Crippen molar-refractivity contribution in [3.05, 3.63) is 63.1 Å². The van der Waals surface area contributed by atoms with Crippen LogP contribution >= 0.6 is 23.2 Å². The number of ketones is 1. The van der Waals surface area contributed by atoms with E-state index in [9.17, 15) is 9.59 Å². The third-order valence-electron chi connectivity index (χ3n) is 4.17. The van der Waals surface area contributed by atoms with E-state index >= 15 is 0 Å². The number of nitrogens with one attached hydrogen (secondary N) is 1. The maximum absolute atomic E-state index is 12.9. The first kappa shape index (κ1) is 20.2. The van der Waals surface area contributed by atoms with Crippen molar-refractivity contribution in [2.45, 2.75) is 13.3 Å². The highest BCUT2D eigenvalue weighted by Gasteiger charge is 2.24. The maximum Gasteiger partial charge on any atom is 0.257 e. The van der Waals surface area contributed by atoms with Crippen LogP contribution in [0.4, 0.5) is 0 Å². The molecule has 146 valence electrons. The minimum Gasteiger partial charge on any atom is -0.491 e. The predicted octanol–water partition coefficient (Wildman–Crippen LogP) is 4.56. The highest BCUT2D eigenvalue weighted by molar-refractivity contribution is 6.43. The number of halogens is 2. The van der Waals surface area contributed by atoms with E-state index in [1.54, 1.807) is 24.3 Å². The molecule has 0 fully saturated rings. The van der Waals surface area contributed by atoms with Gasteiger partial charge in [-0.2, -0.15) is 0 Å². The number of carbonyl (C=O) groups excluding carboxylic acids is 2. The van der Waals surface area contributed by atoms with Gasteiger partial charge < -0.3 is 14.8 Å². The molecule has 5 nitrogen and oxygen atoms in total. The fourth-order valence-electron chi connectivity index (χ4n) is 2.80. The zero-order valence-corrected chi connectivity index (χ0v) is 16.8. The molecule has 0 unspecified atom stereocenters. The molecular formula is C21H19Cl2NO4. The largest absolute Gasteiger partial charge is 0.491 e. The summed E-state index contributed by atoms with van der Waals surface area (Å²) in [5, 5.41) is 3.27. The fourth-order valence-corrected chi connectivity index (χ4v) is 3.17. The number of ether oxygens (including phenoxy) is 2. The van der Waals surface area contributed by atoms with Crippen molar-refractivity contribution in [3.8, 4) is 11.5 Å². The minimum absolute atomic E-state index is 0.0375. The summed E-state index contributed by atoms with van der Waals surface area (Å²) in [5.41, 5.74) is 1.87. The molecule has 0 aromatic heterocycles. The van der Waals surface area contributed by atoms with Crippen LogP contribution in [0.15, 0.2) is 42.0 Å². The molecule has 1 aliphatic heterocycles. The second-order valence-electron chi connectivity index (χ2n) is 6.15. The van der Waals surface area contributed by atoms with Crippen LogP contribution in [0.5, 0.6) is 11.5 Å². The Hall–Kier alpha value is -2.50. The molecule has 3 rings (SSSR count). The summed E-state index contributed by atoms with van der Waals surface area (Å²) >= 11 is 12.2. The van der Waals surface area contributed by atoms with E-state index in [2.05, 4.69) is 5.32 Å². The molecule has 0 aliphatic carbocycles. The summed E-state index contributed by atoms with van der Waals surface area (Å²) in [4.78, 5) is 24.3. The third-order valence-corrected chi connectivity index (χ3v) is 4.96. The molecule has 1 amide bonds. The van der Waals surface area contributed by atoms with Crippen molar-refractivity contribution in [3.63, 3.8) is 0 Å². The second kappa shape index (κ2) is 9.13. The van der Waals surface area contributed by atoms with Gasteiger partial charge in [0.2, 0.25) is 0 Å². The first-order chi connectivity index (χ1) is 13.5. The van der Waals surface area contributed by atoms with Crippen LogP contribution in [0.1, 0.15) is 29.3 Å². The molecule has 0 atom stereocenters. The van der Waals surface area contributed by atoms with Gasteiger partial charge in [-0.25, -0.2) is 0 Å². The van der Waals surface area contributed by atoms with E-state index < -0.39 is 0 Å². The zero-order chi connectivity index (χ0) is 20.1. The van der Waals surface area contributed by atoms with Gasteiger partial charge >= 0.3 is 0 Å². The van der Waals surface area contributed by atoms with E-state index in [1.807, 2.05) is 25.1 Å². The van der Waals surface area contributed by atoms with Crippen LogP contribution in [0.25, 0.3) is 6.08 Å². The highest BCUT2D eigenvalue weighted by atomic mass is 35.5. The number of likely N-dealkylation sites (N-methyl/N-ethyl adjacent to an activating group) is 1. The Balaban J connectivity index is 1.76. The maximum atomic E-state index is 12.9. The molecule has 1 N–H and O–H groups in total. The lowest BCUT2D eigenvalue weighted by Crippen LogP contribution is -2.28. The summed E-state index contributed by atoms with van der Waals surface area (Å²) in [6.07, 6.45) is 2.27. The Morgan fingerprint density at radius 2 is 1.96 bits per heavy atom. The van der Waals surface area contributed by atoms with Crippen molar-refractivity contribution < 1.29 is 19.1 Å². The summed E-state index contributed by atoms with van der Waals surface area (Å²) in [6, 6.07) is 10.4. The lowest BCUT2D eigenvalue weighted by molar-refractivity contribution is -0.122. The number of hydrogen-bond donors (Lipinski definition) is 1. The van der Waals surface area contributed by atoms with Gasteiger partial charge in [0.15, 0.2) is 18.1 Å². The van der Waals surface area contributed by atoms with Gasteiger partial charge in [-0.05, 0) is 42.8 Å². The second-order valence-corrected chi connectivity index (χ2v) is 6.93. The van der Waals surface area contributed by atoms with Crippen LogP contribution in [0, 0.1) is 0 Å². The topological polar surface area (TPSA) is 64.6 Å². The van der Waals surface area contributed by atoms with Crippen LogP contribution < -0.4 is 14.8 Å². The van der Waals surface area contributed by atoms with Crippen molar-refractivity contribution in [2.75, 3.05) is 19.8 Å². The summed E-state index contributed by atoms with van der Waals surface area (Å²) in [7, 11) is 0. The van der Waals surface area contributed by atoms with Crippen LogP contribution in [0.3, 0.4) is 0 Å². The van der Waals surface area contributed by atoms with Crippen molar-refractivity contribution in [2.24, 2.45) is 0 Å². The molecule has 2 aromatic carbocycles. The van der Waals surface area contributed by atoms with Crippen molar-refractivity contribution >= 4 is 41.0 Å². The SMILES string of the molecule is CCNC(=O)COc1ccc(/C=C2/CCOc3c(ccc(Cl)c3Cl)C2=O)cc1. The molecule has 0 bridgehead atoms. The van der Waals surface area contributed by atoms with Gasteiger partial charge in [0, 0.05) is 18.5 Å². The van der Waals surface area contributed by atoms with Gasteiger partial charge in [0.05, 0.1) is 17.2 Å². The van der Waals surface area contributed by atoms with Crippen molar-refractivity contribution in [1.82, 2.24) is 5.32 Å². The molecular weight excluding hydrogens is 401 g/mol. The van der Waals surface area contributed by atoms with Crippen molar-refractivity contribution in [1.29, 1.82) is 0 Å². The van der Waals surface area contributed by atoms with E-state index in [0.29, 0.717) is 47.2 Å². The molecule has 28 heavy (non-hydrogen) atoms. The van der Waals surface area contributed by atoms with Gasteiger partial charge in [-0.1, -0.05) is 35.3 Å². The Kier molecular flexibility index (Phi) is 6.60. The van der Waals surface area contributed by atoms with Gasteiger partial charge in [-0.15, -0.1) is 0 Å². The van der Waals surface area contributed by atoms with Crippen LogP contribution in [-0.2, 0) is 4.79 Å². The van der Waals surface area contributed by atoms with Gasteiger partial charge in [0.1, 0.15) is 10.8 Å². The highest BCUT2D eigenvalue weighted by Crippen LogP contribution is 2.38. The summed E-state index contributed by atoms with van der Waals surface area (Å²) < 4.78 is 11.1. The Bertz CT molecular complexity index is 923. The normalized spacial score (nSPS) is 14.8. The van der Waals surface area contributed by atoms with Gasteiger partial charge in [-0.3, -0.25) is 9.59 Å². The molecule has 0 saturated carbocycles. The molecule has 1 heterocycles. The molecule has 0 radical (unpaired) electrons. The summed E-state index contributed by atoms with van der Waals surface area (Å²) in [6.45, 7) is 2.70. The Morgan fingerprint density at radius 3 is 2.68 bits per heavy atom. The predicted molar refractivity (Wildman–Crippen MR) is 110 cm³/mol. The Morgan fingerprint density at radius 1 is 1.21 bits per heavy atom.